The lowest BCUT2D eigenvalue weighted by molar-refractivity contribution is 0.0940. The molecule has 2 rings (SSSR count). The molecule has 0 radical (unpaired) electrons. The van der Waals surface area contributed by atoms with Crippen molar-refractivity contribution >= 4 is 15.9 Å². The van der Waals surface area contributed by atoms with E-state index in [1.54, 1.807) is 0 Å². The Morgan fingerprint density at radius 3 is 2.27 bits per heavy atom. The lowest BCUT2D eigenvalue weighted by atomic mass is 9.97. The first-order chi connectivity index (χ1) is 10.3. The fourth-order valence-electron chi connectivity index (χ4n) is 2.94. The van der Waals surface area contributed by atoms with E-state index in [2.05, 4.69) is 5.32 Å². The van der Waals surface area contributed by atoms with Gasteiger partial charge >= 0.3 is 0 Å². The number of sulfonamides is 1. The van der Waals surface area contributed by atoms with Crippen molar-refractivity contribution in [2.24, 2.45) is 5.92 Å². The third-order valence-corrected chi connectivity index (χ3v) is 5.61. The number of amides is 1. The van der Waals surface area contributed by atoms with Crippen LogP contribution in [0.15, 0.2) is 18.2 Å². The molecule has 1 aromatic rings. The van der Waals surface area contributed by atoms with Crippen LogP contribution in [0.5, 0.6) is 0 Å². The van der Waals surface area contributed by atoms with Crippen LogP contribution in [0.25, 0.3) is 0 Å². The van der Waals surface area contributed by atoms with Crippen LogP contribution in [-0.4, -0.2) is 44.5 Å². The molecule has 5 nitrogen and oxygen atoms in total. The predicted octanol–water partition coefficient (Wildman–Crippen LogP) is 1.70. The maximum Gasteiger partial charge on any atom is 0.251 e. The molecule has 1 aliphatic heterocycles. The summed E-state index contributed by atoms with van der Waals surface area (Å²) in [6.07, 6.45) is 2.83. The summed E-state index contributed by atoms with van der Waals surface area (Å²) in [5.41, 5.74) is 2.70. The molecule has 1 aromatic carbocycles. The molecular formula is C16H24N2O3S. The first-order valence-corrected chi connectivity index (χ1v) is 9.43. The van der Waals surface area contributed by atoms with Gasteiger partial charge in [-0.05, 0) is 43.7 Å². The number of aryl methyl sites for hydroxylation is 2. The molecule has 0 unspecified atom stereocenters. The summed E-state index contributed by atoms with van der Waals surface area (Å²) in [5.74, 6) is 0.299. The average Bonchev–Trinajstić information content (AvgIpc) is 2.44. The zero-order valence-corrected chi connectivity index (χ0v) is 14.2. The van der Waals surface area contributed by atoms with Gasteiger partial charge in [0.2, 0.25) is 10.0 Å². The van der Waals surface area contributed by atoms with Crippen LogP contribution in [-0.2, 0) is 10.0 Å². The van der Waals surface area contributed by atoms with Gasteiger partial charge in [0.25, 0.3) is 5.91 Å². The minimum Gasteiger partial charge on any atom is -0.352 e. The molecule has 0 bridgehead atoms. The maximum absolute atomic E-state index is 12.3. The fourth-order valence-corrected chi connectivity index (χ4v) is 3.82. The van der Waals surface area contributed by atoms with Gasteiger partial charge in [-0.15, -0.1) is 0 Å². The number of carbonyl (C=O) groups excluding carboxylic acids is 1. The highest BCUT2D eigenvalue weighted by atomic mass is 32.2. The van der Waals surface area contributed by atoms with Crippen LogP contribution in [0.3, 0.4) is 0 Å². The van der Waals surface area contributed by atoms with Crippen molar-refractivity contribution in [1.82, 2.24) is 9.62 Å². The second-order valence-corrected chi connectivity index (χ2v) is 8.06. The lowest BCUT2D eigenvalue weighted by Crippen LogP contribution is -2.41. The van der Waals surface area contributed by atoms with E-state index in [0.717, 1.165) is 29.5 Å². The first-order valence-electron chi connectivity index (χ1n) is 7.58. The van der Waals surface area contributed by atoms with Gasteiger partial charge in [-0.25, -0.2) is 12.7 Å². The van der Waals surface area contributed by atoms with Gasteiger partial charge in [0.15, 0.2) is 0 Å². The third-order valence-electron chi connectivity index (χ3n) is 4.30. The number of benzene rings is 1. The number of hydrogen-bond acceptors (Lipinski definition) is 3. The summed E-state index contributed by atoms with van der Waals surface area (Å²) < 4.78 is 24.5. The minimum atomic E-state index is -3.09. The number of piperidine rings is 1. The van der Waals surface area contributed by atoms with Crippen molar-refractivity contribution in [2.75, 3.05) is 25.9 Å². The summed E-state index contributed by atoms with van der Waals surface area (Å²) >= 11 is 0. The minimum absolute atomic E-state index is 0.0406. The molecule has 22 heavy (non-hydrogen) atoms. The van der Waals surface area contributed by atoms with Crippen molar-refractivity contribution in [2.45, 2.75) is 26.7 Å². The molecule has 1 amide bonds. The largest absolute Gasteiger partial charge is 0.352 e. The Labute approximate surface area is 132 Å². The van der Waals surface area contributed by atoms with Crippen molar-refractivity contribution < 1.29 is 13.2 Å². The van der Waals surface area contributed by atoms with Crippen LogP contribution < -0.4 is 5.32 Å². The molecule has 1 saturated heterocycles. The Bertz CT molecular complexity index is 627. The third kappa shape index (κ3) is 4.08. The van der Waals surface area contributed by atoms with Crippen LogP contribution in [0.4, 0.5) is 0 Å². The molecule has 1 fully saturated rings. The molecule has 0 aromatic heterocycles. The highest BCUT2D eigenvalue weighted by Crippen LogP contribution is 2.19. The molecule has 1 heterocycles. The van der Waals surface area contributed by atoms with Gasteiger partial charge in [-0.3, -0.25) is 4.79 Å². The highest BCUT2D eigenvalue weighted by molar-refractivity contribution is 7.88. The van der Waals surface area contributed by atoms with Gasteiger partial charge in [-0.1, -0.05) is 18.2 Å². The van der Waals surface area contributed by atoms with E-state index < -0.39 is 10.0 Å². The van der Waals surface area contributed by atoms with Gasteiger partial charge in [-0.2, -0.15) is 0 Å². The molecule has 0 atom stereocenters. The normalized spacial score (nSPS) is 17.4. The Balaban J connectivity index is 1.88. The maximum atomic E-state index is 12.3. The summed E-state index contributed by atoms with van der Waals surface area (Å²) in [5, 5.41) is 3.00. The molecule has 0 saturated carbocycles. The van der Waals surface area contributed by atoms with Gasteiger partial charge in [0, 0.05) is 25.2 Å². The molecule has 122 valence electrons. The Hall–Kier alpha value is -1.40. The molecule has 0 aliphatic carbocycles. The summed E-state index contributed by atoms with van der Waals surface area (Å²) in [7, 11) is -3.09. The van der Waals surface area contributed by atoms with Crippen molar-refractivity contribution in [3.05, 3.63) is 34.9 Å². The van der Waals surface area contributed by atoms with Gasteiger partial charge in [0.1, 0.15) is 0 Å². The van der Waals surface area contributed by atoms with Crippen LogP contribution >= 0.6 is 0 Å². The Kier molecular flexibility index (Phi) is 5.24. The van der Waals surface area contributed by atoms with Crippen molar-refractivity contribution in [1.29, 1.82) is 0 Å². The number of nitrogens with zero attached hydrogens (tertiary/aromatic N) is 1. The fraction of sp³-hybridized carbons (Fsp3) is 0.562. The van der Waals surface area contributed by atoms with Gasteiger partial charge < -0.3 is 5.32 Å². The van der Waals surface area contributed by atoms with Crippen LogP contribution in [0, 0.1) is 19.8 Å². The van der Waals surface area contributed by atoms with E-state index in [1.165, 1.54) is 10.6 Å². The summed E-state index contributed by atoms with van der Waals surface area (Å²) in [4.78, 5) is 12.3. The summed E-state index contributed by atoms with van der Waals surface area (Å²) in [6.45, 7) is 5.56. The average molecular weight is 324 g/mol. The lowest BCUT2D eigenvalue weighted by Gasteiger charge is -2.30. The first kappa shape index (κ1) is 17.0. The van der Waals surface area contributed by atoms with Gasteiger partial charge in [0.05, 0.1) is 6.26 Å². The molecule has 1 aliphatic rings. The number of carbonyl (C=O) groups is 1. The van der Waals surface area contributed by atoms with E-state index in [9.17, 15) is 13.2 Å². The van der Waals surface area contributed by atoms with E-state index in [-0.39, 0.29) is 5.91 Å². The number of hydrogen-bond donors (Lipinski definition) is 1. The SMILES string of the molecule is Cc1cccc(C)c1C(=O)NCC1CCN(S(C)(=O)=O)CC1. The van der Waals surface area contributed by atoms with E-state index >= 15 is 0 Å². The van der Waals surface area contributed by atoms with Crippen molar-refractivity contribution in [3.63, 3.8) is 0 Å². The second-order valence-electron chi connectivity index (χ2n) is 6.08. The van der Waals surface area contributed by atoms with E-state index in [0.29, 0.717) is 25.6 Å². The monoisotopic (exact) mass is 324 g/mol. The van der Waals surface area contributed by atoms with E-state index in [1.807, 2.05) is 32.0 Å². The van der Waals surface area contributed by atoms with Crippen LogP contribution in [0.2, 0.25) is 0 Å². The van der Waals surface area contributed by atoms with E-state index in [4.69, 9.17) is 0 Å². The number of rotatable bonds is 4. The molecule has 1 N–H and O–H groups in total. The number of nitrogens with one attached hydrogen (secondary N) is 1. The molecule has 0 spiro atoms. The standard InChI is InChI=1S/C16H24N2O3S/c1-12-5-4-6-13(2)15(12)16(19)17-11-14-7-9-18(10-8-14)22(3,20)21/h4-6,14H,7-11H2,1-3H3,(H,17,19). The second kappa shape index (κ2) is 6.79. The summed E-state index contributed by atoms with van der Waals surface area (Å²) in [6, 6.07) is 5.82. The molecule has 6 heteroatoms. The smallest absolute Gasteiger partial charge is 0.251 e. The molecular weight excluding hydrogens is 300 g/mol. The quantitative estimate of drug-likeness (QED) is 0.917. The predicted molar refractivity (Wildman–Crippen MR) is 87.4 cm³/mol. The Morgan fingerprint density at radius 2 is 1.77 bits per heavy atom. The zero-order chi connectivity index (χ0) is 16.3. The Morgan fingerprint density at radius 1 is 1.23 bits per heavy atom. The van der Waals surface area contributed by atoms with Crippen LogP contribution in [0.1, 0.15) is 34.3 Å². The topological polar surface area (TPSA) is 66.5 Å². The zero-order valence-electron chi connectivity index (χ0n) is 13.4. The highest BCUT2D eigenvalue weighted by Gasteiger charge is 2.25. The van der Waals surface area contributed by atoms with Crippen molar-refractivity contribution in [3.8, 4) is 0 Å².